The summed E-state index contributed by atoms with van der Waals surface area (Å²) in [5.74, 6) is 0.0777. The van der Waals surface area contributed by atoms with Gasteiger partial charge in [-0.1, -0.05) is 18.7 Å². The molecule has 0 bridgehead atoms. The molecule has 5 heteroatoms. The molecule has 0 aromatic heterocycles. The summed E-state index contributed by atoms with van der Waals surface area (Å²) in [6.45, 7) is 4.37. The van der Waals surface area contributed by atoms with E-state index < -0.39 is 0 Å². The highest BCUT2D eigenvalue weighted by molar-refractivity contribution is 6.01. The van der Waals surface area contributed by atoms with E-state index in [2.05, 4.69) is 22.5 Å². The van der Waals surface area contributed by atoms with Crippen molar-refractivity contribution in [1.29, 1.82) is 0 Å². The first kappa shape index (κ1) is 15.3. The number of benzene rings is 1. The molecule has 1 aromatic carbocycles. The first-order valence-electron chi connectivity index (χ1n) is 7.14. The first-order chi connectivity index (χ1) is 10.1. The van der Waals surface area contributed by atoms with Crippen molar-refractivity contribution >= 4 is 17.4 Å². The van der Waals surface area contributed by atoms with Crippen LogP contribution in [0, 0.1) is 0 Å². The Morgan fingerprint density at radius 1 is 1.43 bits per heavy atom. The number of carbonyl (C=O) groups excluding carboxylic acids is 2. The lowest BCUT2D eigenvalue weighted by Crippen LogP contribution is -2.36. The van der Waals surface area contributed by atoms with E-state index in [4.69, 9.17) is 0 Å². The van der Waals surface area contributed by atoms with Crippen LogP contribution < -0.4 is 16.0 Å². The topological polar surface area (TPSA) is 70.2 Å². The smallest absolute Gasteiger partial charge is 0.241 e. The van der Waals surface area contributed by atoms with Gasteiger partial charge in [0.2, 0.25) is 5.91 Å². The number of para-hydroxylation sites is 1. The second-order valence-electron chi connectivity index (χ2n) is 5.13. The molecule has 1 unspecified atom stereocenters. The van der Waals surface area contributed by atoms with Crippen LogP contribution in [0.3, 0.4) is 0 Å². The highest BCUT2D eigenvalue weighted by Crippen LogP contribution is 2.17. The Balaban J connectivity index is 1.77. The van der Waals surface area contributed by atoms with E-state index in [0.29, 0.717) is 31.4 Å². The summed E-state index contributed by atoms with van der Waals surface area (Å²) < 4.78 is 0. The maximum absolute atomic E-state index is 12.2. The van der Waals surface area contributed by atoms with Crippen molar-refractivity contribution in [2.45, 2.75) is 25.3 Å². The lowest BCUT2D eigenvalue weighted by Gasteiger charge is -2.10. The SMILES string of the molecule is C=C1CC(NCCCC(=O)c2ccccc2NC)C(=O)N1. The van der Waals surface area contributed by atoms with Crippen LogP contribution >= 0.6 is 0 Å². The van der Waals surface area contributed by atoms with E-state index in [0.717, 1.165) is 11.4 Å². The number of carbonyl (C=O) groups is 2. The third-order valence-electron chi connectivity index (χ3n) is 3.54. The summed E-state index contributed by atoms with van der Waals surface area (Å²) in [5, 5.41) is 8.87. The van der Waals surface area contributed by atoms with Gasteiger partial charge in [-0.25, -0.2) is 0 Å². The van der Waals surface area contributed by atoms with Crippen LogP contribution in [-0.4, -0.2) is 31.3 Å². The van der Waals surface area contributed by atoms with Crippen molar-refractivity contribution in [2.75, 3.05) is 18.9 Å². The third kappa shape index (κ3) is 3.92. The number of Topliss-reactive ketones (excluding diaryl/α,β-unsaturated/α-hetero) is 1. The number of rotatable bonds is 7. The van der Waals surface area contributed by atoms with Crippen molar-refractivity contribution in [3.05, 3.63) is 42.1 Å². The molecule has 1 aromatic rings. The van der Waals surface area contributed by atoms with Gasteiger partial charge in [-0.05, 0) is 25.1 Å². The van der Waals surface area contributed by atoms with Gasteiger partial charge in [0.15, 0.2) is 5.78 Å². The minimum Gasteiger partial charge on any atom is -0.388 e. The monoisotopic (exact) mass is 287 g/mol. The van der Waals surface area contributed by atoms with E-state index in [1.807, 2.05) is 24.3 Å². The second kappa shape index (κ2) is 7.04. The van der Waals surface area contributed by atoms with E-state index in [1.54, 1.807) is 7.05 Å². The molecule has 1 aliphatic rings. The summed E-state index contributed by atoms with van der Waals surface area (Å²) in [6, 6.07) is 7.27. The van der Waals surface area contributed by atoms with Crippen molar-refractivity contribution in [3.63, 3.8) is 0 Å². The summed E-state index contributed by atoms with van der Waals surface area (Å²) in [7, 11) is 1.80. The zero-order chi connectivity index (χ0) is 15.2. The predicted octanol–water partition coefficient (Wildman–Crippen LogP) is 1.68. The minimum absolute atomic E-state index is 0.0353. The molecule has 0 saturated carbocycles. The van der Waals surface area contributed by atoms with Crippen LogP contribution in [0.25, 0.3) is 0 Å². The quantitative estimate of drug-likeness (QED) is 0.527. The molecule has 2 rings (SSSR count). The molecule has 112 valence electrons. The summed E-state index contributed by atoms with van der Waals surface area (Å²) in [6.07, 6.45) is 1.78. The van der Waals surface area contributed by atoms with Gasteiger partial charge >= 0.3 is 0 Å². The molecule has 0 aliphatic carbocycles. The maximum atomic E-state index is 12.2. The molecule has 5 nitrogen and oxygen atoms in total. The van der Waals surface area contributed by atoms with E-state index in [1.165, 1.54) is 0 Å². The van der Waals surface area contributed by atoms with Crippen LogP contribution in [0.1, 0.15) is 29.6 Å². The number of anilines is 1. The van der Waals surface area contributed by atoms with Gasteiger partial charge in [0.05, 0.1) is 6.04 Å². The van der Waals surface area contributed by atoms with Crippen LogP contribution in [0.5, 0.6) is 0 Å². The molecule has 21 heavy (non-hydrogen) atoms. The van der Waals surface area contributed by atoms with Gasteiger partial charge in [0.1, 0.15) is 0 Å². The minimum atomic E-state index is -0.211. The number of hydrogen-bond donors (Lipinski definition) is 3. The summed E-state index contributed by atoms with van der Waals surface area (Å²) in [4.78, 5) is 23.7. The van der Waals surface area contributed by atoms with E-state index >= 15 is 0 Å². The van der Waals surface area contributed by atoms with Crippen molar-refractivity contribution in [1.82, 2.24) is 10.6 Å². The average molecular weight is 287 g/mol. The Bertz CT molecular complexity index is 554. The molecule has 1 heterocycles. The molecule has 1 atom stereocenters. The molecular formula is C16H21N3O2. The Labute approximate surface area is 124 Å². The standard InChI is InChI=1S/C16H21N3O2/c1-11-10-14(16(21)19-11)18-9-5-8-15(20)12-6-3-4-7-13(12)17-2/h3-4,6-7,14,17-18H,1,5,8-10H2,2H3,(H,19,21). The third-order valence-corrected chi connectivity index (χ3v) is 3.54. The van der Waals surface area contributed by atoms with Crippen molar-refractivity contribution in [2.24, 2.45) is 0 Å². The van der Waals surface area contributed by atoms with Gasteiger partial charge < -0.3 is 16.0 Å². The van der Waals surface area contributed by atoms with Crippen molar-refractivity contribution in [3.8, 4) is 0 Å². The van der Waals surface area contributed by atoms with Crippen LogP contribution in [0.15, 0.2) is 36.5 Å². The Kier molecular flexibility index (Phi) is 5.11. The number of hydrogen-bond acceptors (Lipinski definition) is 4. The van der Waals surface area contributed by atoms with E-state index in [9.17, 15) is 9.59 Å². The van der Waals surface area contributed by atoms with Crippen molar-refractivity contribution < 1.29 is 9.59 Å². The van der Waals surface area contributed by atoms with Crippen LogP contribution in [0.2, 0.25) is 0 Å². The molecule has 0 spiro atoms. The first-order valence-corrected chi connectivity index (χ1v) is 7.14. The highest BCUT2D eigenvalue weighted by Gasteiger charge is 2.25. The Hall–Kier alpha value is -2.14. The fourth-order valence-corrected chi connectivity index (χ4v) is 2.42. The lowest BCUT2D eigenvalue weighted by molar-refractivity contribution is -0.120. The zero-order valence-electron chi connectivity index (χ0n) is 12.2. The summed E-state index contributed by atoms with van der Waals surface area (Å²) in [5.41, 5.74) is 2.31. The highest BCUT2D eigenvalue weighted by atomic mass is 16.2. The van der Waals surface area contributed by atoms with Crippen LogP contribution in [0.4, 0.5) is 5.69 Å². The molecule has 1 saturated heterocycles. The molecule has 1 aliphatic heterocycles. The Morgan fingerprint density at radius 2 is 2.19 bits per heavy atom. The van der Waals surface area contributed by atoms with Gasteiger partial charge in [-0.15, -0.1) is 0 Å². The Morgan fingerprint density at radius 3 is 2.86 bits per heavy atom. The average Bonchev–Trinajstić information content (AvgIpc) is 2.81. The fraction of sp³-hybridized carbons (Fsp3) is 0.375. The van der Waals surface area contributed by atoms with Gasteiger partial charge in [0.25, 0.3) is 0 Å². The number of ketones is 1. The molecule has 3 N–H and O–H groups in total. The largest absolute Gasteiger partial charge is 0.388 e. The van der Waals surface area contributed by atoms with Gasteiger partial charge in [0, 0.05) is 36.8 Å². The van der Waals surface area contributed by atoms with E-state index in [-0.39, 0.29) is 17.7 Å². The van der Waals surface area contributed by atoms with Gasteiger partial charge in [-0.3, -0.25) is 9.59 Å². The predicted molar refractivity (Wildman–Crippen MR) is 83.2 cm³/mol. The summed E-state index contributed by atoms with van der Waals surface area (Å²) >= 11 is 0. The number of amides is 1. The maximum Gasteiger partial charge on any atom is 0.241 e. The van der Waals surface area contributed by atoms with Gasteiger partial charge in [-0.2, -0.15) is 0 Å². The fourth-order valence-electron chi connectivity index (χ4n) is 2.42. The zero-order valence-corrected chi connectivity index (χ0v) is 12.2. The normalized spacial score (nSPS) is 17.7. The molecule has 1 amide bonds. The molecule has 0 radical (unpaired) electrons. The molecular weight excluding hydrogens is 266 g/mol. The number of nitrogens with one attached hydrogen (secondary N) is 3. The lowest BCUT2D eigenvalue weighted by atomic mass is 10.0. The van der Waals surface area contributed by atoms with Crippen LogP contribution in [-0.2, 0) is 4.79 Å². The molecule has 1 fully saturated rings. The second-order valence-corrected chi connectivity index (χ2v) is 5.13.